The fourth-order valence-corrected chi connectivity index (χ4v) is 2.73. The first kappa shape index (κ1) is 11.1. The molecule has 1 aromatic rings. The van der Waals surface area contributed by atoms with Crippen LogP contribution < -0.4 is 4.74 Å². The number of nitrogens with zero attached hydrogens (tertiary/aromatic N) is 1. The van der Waals surface area contributed by atoms with Gasteiger partial charge in [-0.15, -0.1) is 0 Å². The number of rotatable bonds is 3. The summed E-state index contributed by atoms with van der Waals surface area (Å²) in [6.45, 7) is 2.29. The number of ether oxygens (including phenoxy) is 1. The molecule has 2 nitrogen and oxygen atoms in total. The van der Waals surface area contributed by atoms with Gasteiger partial charge in [0.25, 0.3) is 0 Å². The summed E-state index contributed by atoms with van der Waals surface area (Å²) in [5.74, 6) is 2.27. The topological polar surface area (TPSA) is 22.1 Å². The van der Waals surface area contributed by atoms with E-state index in [1.807, 2.05) is 6.20 Å². The lowest BCUT2D eigenvalue weighted by Crippen LogP contribution is -2.28. The van der Waals surface area contributed by atoms with Crippen LogP contribution >= 0.6 is 0 Å². The van der Waals surface area contributed by atoms with Gasteiger partial charge >= 0.3 is 0 Å². The molecule has 0 amide bonds. The Labute approximate surface area is 103 Å². The molecule has 0 radical (unpaired) electrons. The summed E-state index contributed by atoms with van der Waals surface area (Å²) < 4.78 is 6.01. The number of hydrogen-bond acceptors (Lipinski definition) is 2. The minimum absolute atomic E-state index is 0.378. The molecule has 0 saturated heterocycles. The second-order valence-electron chi connectivity index (χ2n) is 5.62. The lowest BCUT2D eigenvalue weighted by atomic mass is 9.88. The average molecular weight is 231 g/mol. The van der Waals surface area contributed by atoms with Crippen molar-refractivity contribution in [2.45, 2.75) is 57.5 Å². The van der Waals surface area contributed by atoms with Gasteiger partial charge in [-0.2, -0.15) is 0 Å². The molecule has 1 aromatic heterocycles. The molecule has 3 rings (SSSR count). The summed E-state index contributed by atoms with van der Waals surface area (Å²) in [5.41, 5.74) is 1.38. The van der Waals surface area contributed by atoms with Gasteiger partial charge in [0.05, 0.1) is 0 Å². The van der Waals surface area contributed by atoms with Gasteiger partial charge in [-0.25, -0.2) is 4.98 Å². The predicted octanol–water partition coefficient (Wildman–Crippen LogP) is 3.92. The zero-order valence-corrected chi connectivity index (χ0v) is 10.6. The largest absolute Gasteiger partial charge is 0.474 e. The highest BCUT2D eigenvalue weighted by molar-refractivity contribution is 5.24. The van der Waals surface area contributed by atoms with Crippen molar-refractivity contribution >= 4 is 0 Å². The van der Waals surface area contributed by atoms with Crippen LogP contribution in [0.2, 0.25) is 0 Å². The van der Waals surface area contributed by atoms with Gasteiger partial charge < -0.3 is 4.74 Å². The van der Waals surface area contributed by atoms with E-state index in [0.717, 1.165) is 11.8 Å². The van der Waals surface area contributed by atoms with Crippen LogP contribution in [0.4, 0.5) is 0 Å². The molecule has 0 aromatic carbocycles. The third kappa shape index (κ3) is 2.62. The molecule has 2 aliphatic rings. The highest BCUT2D eigenvalue weighted by atomic mass is 16.5. The number of pyridine rings is 1. The van der Waals surface area contributed by atoms with E-state index in [-0.39, 0.29) is 0 Å². The van der Waals surface area contributed by atoms with Crippen molar-refractivity contribution in [1.29, 1.82) is 0 Å². The molecule has 92 valence electrons. The Morgan fingerprint density at radius 3 is 2.59 bits per heavy atom. The van der Waals surface area contributed by atoms with E-state index in [4.69, 9.17) is 4.74 Å². The predicted molar refractivity (Wildman–Crippen MR) is 68.3 cm³/mol. The van der Waals surface area contributed by atoms with Crippen molar-refractivity contribution in [2.24, 2.45) is 5.92 Å². The highest BCUT2D eigenvalue weighted by Crippen LogP contribution is 2.40. The Morgan fingerprint density at radius 2 is 1.94 bits per heavy atom. The Hall–Kier alpha value is -1.05. The quantitative estimate of drug-likeness (QED) is 0.786. The fourth-order valence-electron chi connectivity index (χ4n) is 2.73. The van der Waals surface area contributed by atoms with Crippen molar-refractivity contribution in [3.63, 3.8) is 0 Å². The molecule has 0 bridgehead atoms. The van der Waals surface area contributed by atoms with Crippen molar-refractivity contribution in [2.75, 3.05) is 0 Å². The van der Waals surface area contributed by atoms with Gasteiger partial charge in [0.15, 0.2) is 0 Å². The van der Waals surface area contributed by atoms with Crippen molar-refractivity contribution < 1.29 is 4.74 Å². The molecular weight excluding hydrogens is 210 g/mol. The van der Waals surface area contributed by atoms with Crippen LogP contribution in [0.5, 0.6) is 5.88 Å². The van der Waals surface area contributed by atoms with E-state index in [1.165, 1.54) is 44.1 Å². The highest BCUT2D eigenvalue weighted by Gasteiger charge is 2.25. The van der Waals surface area contributed by atoms with E-state index in [1.54, 1.807) is 0 Å². The lowest BCUT2D eigenvalue weighted by molar-refractivity contribution is 0.0975. The van der Waals surface area contributed by atoms with Gasteiger partial charge in [-0.1, -0.05) is 19.4 Å². The molecule has 2 saturated carbocycles. The number of hydrogen-bond donors (Lipinski definition) is 0. The molecule has 0 unspecified atom stereocenters. The van der Waals surface area contributed by atoms with Crippen LogP contribution in [-0.2, 0) is 0 Å². The summed E-state index contributed by atoms with van der Waals surface area (Å²) >= 11 is 0. The van der Waals surface area contributed by atoms with E-state index >= 15 is 0 Å². The van der Waals surface area contributed by atoms with E-state index in [9.17, 15) is 0 Å². The molecule has 1 heterocycles. The first-order chi connectivity index (χ1) is 8.33. The van der Waals surface area contributed by atoms with Gasteiger partial charge in [-0.3, -0.25) is 0 Å². The van der Waals surface area contributed by atoms with E-state index in [2.05, 4.69) is 24.0 Å². The zero-order valence-electron chi connectivity index (χ0n) is 10.6. The van der Waals surface area contributed by atoms with E-state index < -0.39 is 0 Å². The molecule has 17 heavy (non-hydrogen) atoms. The monoisotopic (exact) mass is 231 g/mol. The zero-order chi connectivity index (χ0) is 11.7. The minimum Gasteiger partial charge on any atom is -0.474 e. The normalized spacial score (nSPS) is 29.0. The molecular formula is C15H21NO. The maximum atomic E-state index is 6.01. The van der Waals surface area contributed by atoms with Crippen molar-refractivity contribution in [1.82, 2.24) is 4.98 Å². The Balaban J connectivity index is 1.63. The Morgan fingerprint density at radius 1 is 1.12 bits per heavy atom. The van der Waals surface area contributed by atoms with Crippen molar-refractivity contribution in [3.05, 3.63) is 23.9 Å². The van der Waals surface area contributed by atoms with Gasteiger partial charge in [0.1, 0.15) is 6.10 Å². The first-order valence-electron chi connectivity index (χ1n) is 6.95. The van der Waals surface area contributed by atoms with E-state index in [0.29, 0.717) is 12.0 Å². The molecule has 0 aliphatic heterocycles. The minimum atomic E-state index is 0.378. The van der Waals surface area contributed by atoms with Crippen LogP contribution in [0.25, 0.3) is 0 Å². The smallest absolute Gasteiger partial charge is 0.213 e. The van der Waals surface area contributed by atoms with Crippen LogP contribution in [0.15, 0.2) is 18.3 Å². The van der Waals surface area contributed by atoms with Crippen LogP contribution in [0.1, 0.15) is 56.9 Å². The standard InChI is InChI=1S/C15H21NO/c1-11-4-2-3-5-14(11)17-15-9-8-13(10-16-15)12-6-7-12/h8-12,14H,2-7H2,1H3/t11-,14+/m1/s1. The summed E-state index contributed by atoms with van der Waals surface area (Å²) in [6, 6.07) is 4.24. The lowest BCUT2D eigenvalue weighted by Gasteiger charge is -2.28. The average Bonchev–Trinajstić information content (AvgIpc) is 3.17. The summed E-state index contributed by atoms with van der Waals surface area (Å²) in [7, 11) is 0. The van der Waals surface area contributed by atoms with Gasteiger partial charge in [0, 0.05) is 12.3 Å². The molecule has 2 heteroatoms. The van der Waals surface area contributed by atoms with Gasteiger partial charge in [0.2, 0.25) is 5.88 Å². The van der Waals surface area contributed by atoms with Crippen LogP contribution in [0, 0.1) is 5.92 Å². The summed E-state index contributed by atoms with van der Waals surface area (Å²) in [4.78, 5) is 4.45. The summed E-state index contributed by atoms with van der Waals surface area (Å²) in [5, 5.41) is 0. The number of aromatic nitrogens is 1. The fraction of sp³-hybridized carbons (Fsp3) is 0.667. The Kier molecular flexibility index (Phi) is 3.04. The maximum Gasteiger partial charge on any atom is 0.213 e. The molecule has 2 atom stereocenters. The third-order valence-corrected chi connectivity index (χ3v) is 4.11. The Bertz CT molecular complexity index is 369. The maximum absolute atomic E-state index is 6.01. The molecule has 0 N–H and O–H groups in total. The second-order valence-corrected chi connectivity index (χ2v) is 5.62. The SMILES string of the molecule is C[C@@H]1CCCC[C@@H]1Oc1ccc(C2CC2)cn1. The van der Waals surface area contributed by atoms with Crippen molar-refractivity contribution in [3.8, 4) is 5.88 Å². The van der Waals surface area contributed by atoms with Gasteiger partial charge in [-0.05, 0) is 49.5 Å². The van der Waals surface area contributed by atoms with Crippen LogP contribution in [0.3, 0.4) is 0 Å². The molecule has 0 spiro atoms. The third-order valence-electron chi connectivity index (χ3n) is 4.11. The summed E-state index contributed by atoms with van der Waals surface area (Å²) in [6.07, 6.45) is 10.2. The second kappa shape index (κ2) is 4.67. The first-order valence-corrected chi connectivity index (χ1v) is 6.95. The molecule has 2 fully saturated rings. The molecule has 2 aliphatic carbocycles. The van der Waals surface area contributed by atoms with Crippen LogP contribution in [-0.4, -0.2) is 11.1 Å².